The molecule has 1 aliphatic rings. The van der Waals surface area contributed by atoms with E-state index < -0.39 is 46.9 Å². The van der Waals surface area contributed by atoms with E-state index in [-0.39, 0.29) is 24.6 Å². The number of rotatable bonds is 6. The van der Waals surface area contributed by atoms with E-state index in [0.717, 1.165) is 11.0 Å². The lowest BCUT2D eigenvalue weighted by Crippen LogP contribution is -2.37. The van der Waals surface area contributed by atoms with Gasteiger partial charge in [0.15, 0.2) is 6.61 Å². The largest absolute Gasteiger partial charge is 0.454 e. The minimum absolute atomic E-state index is 0.231. The highest BCUT2D eigenvalue weighted by Crippen LogP contribution is 2.35. The Hall–Kier alpha value is -3.18. The van der Waals surface area contributed by atoms with Crippen molar-refractivity contribution in [2.24, 2.45) is 0 Å². The summed E-state index contributed by atoms with van der Waals surface area (Å²) in [5.41, 5.74) is -2.39. The fourth-order valence-electron chi connectivity index (χ4n) is 2.52. The third-order valence-electron chi connectivity index (χ3n) is 3.96. The number of nitro groups is 1. The molecule has 28 heavy (non-hydrogen) atoms. The zero-order valence-electron chi connectivity index (χ0n) is 14.6. The van der Waals surface area contributed by atoms with Crippen molar-refractivity contribution in [2.45, 2.75) is 32.0 Å². The molecule has 0 bridgehead atoms. The van der Waals surface area contributed by atoms with Crippen molar-refractivity contribution >= 4 is 29.2 Å². The minimum Gasteiger partial charge on any atom is -0.454 e. The molecule has 1 fully saturated rings. The zero-order chi connectivity index (χ0) is 21.1. The Morgan fingerprint density at radius 3 is 2.61 bits per heavy atom. The molecule has 9 nitrogen and oxygen atoms in total. The first kappa shape index (κ1) is 21.1. The van der Waals surface area contributed by atoms with Crippen LogP contribution in [0, 0.1) is 10.1 Å². The van der Waals surface area contributed by atoms with Crippen molar-refractivity contribution < 1.29 is 37.2 Å². The molecule has 1 N–H and O–H groups in total. The average molecular weight is 403 g/mol. The summed E-state index contributed by atoms with van der Waals surface area (Å²) < 4.78 is 42.9. The number of anilines is 1. The molecule has 1 aromatic carbocycles. The molecule has 0 saturated carbocycles. The lowest BCUT2D eigenvalue weighted by molar-refractivity contribution is -0.384. The monoisotopic (exact) mass is 403 g/mol. The number of ether oxygens (including phenoxy) is 1. The number of amides is 2. The van der Waals surface area contributed by atoms with E-state index in [0.29, 0.717) is 18.6 Å². The molecule has 0 aromatic heterocycles. The van der Waals surface area contributed by atoms with Crippen LogP contribution in [0.4, 0.5) is 24.5 Å². The zero-order valence-corrected chi connectivity index (χ0v) is 14.6. The Bertz CT molecular complexity index is 811. The Labute approximate surface area is 156 Å². The summed E-state index contributed by atoms with van der Waals surface area (Å²) in [6.45, 7) is 0.807. The van der Waals surface area contributed by atoms with Crippen LogP contribution >= 0.6 is 0 Å². The van der Waals surface area contributed by atoms with Crippen molar-refractivity contribution in [3.05, 3.63) is 33.9 Å². The molecule has 0 radical (unpaired) electrons. The molecule has 1 aromatic rings. The number of carbonyl (C=O) groups is 3. The maximum Gasteiger partial charge on any atom is 0.416 e. The molecule has 152 valence electrons. The summed E-state index contributed by atoms with van der Waals surface area (Å²) in [7, 11) is 0. The van der Waals surface area contributed by atoms with Crippen molar-refractivity contribution in [3.63, 3.8) is 0 Å². The molecule has 0 aliphatic carbocycles. The van der Waals surface area contributed by atoms with Gasteiger partial charge in [-0.3, -0.25) is 24.6 Å². The highest BCUT2D eigenvalue weighted by atomic mass is 19.4. The third kappa shape index (κ3) is 4.96. The number of nitrogens with one attached hydrogen (secondary N) is 1. The van der Waals surface area contributed by atoms with Gasteiger partial charge in [0.1, 0.15) is 11.7 Å². The number of likely N-dealkylation sites (tertiary alicyclic amines) is 1. The predicted octanol–water partition coefficient (Wildman–Crippen LogP) is 2.11. The van der Waals surface area contributed by atoms with Crippen LogP contribution < -0.4 is 5.32 Å². The van der Waals surface area contributed by atoms with E-state index in [4.69, 9.17) is 4.74 Å². The van der Waals surface area contributed by atoms with Crippen LogP contribution in [0.2, 0.25) is 0 Å². The van der Waals surface area contributed by atoms with E-state index in [1.165, 1.54) is 6.92 Å². The van der Waals surface area contributed by atoms with E-state index in [1.54, 1.807) is 0 Å². The highest BCUT2D eigenvalue weighted by molar-refractivity contribution is 5.97. The quantitative estimate of drug-likeness (QED) is 0.439. The lowest BCUT2D eigenvalue weighted by Gasteiger charge is -2.17. The van der Waals surface area contributed by atoms with Gasteiger partial charge in [-0.25, -0.2) is 4.79 Å². The predicted molar refractivity (Wildman–Crippen MR) is 88.1 cm³/mol. The second kappa shape index (κ2) is 8.23. The standard InChI is InChI=1S/C16H16F3N3O6/c1-9(15(25)28-8-14(24)21-6-2-3-13(21)23)20-11-5-4-10(16(17,18)19)7-12(11)22(26)27/h4-5,7,9,20H,2-3,6,8H2,1H3/t9-/m1/s1. The molecule has 1 saturated heterocycles. The number of hydrogen-bond donors (Lipinski definition) is 1. The first-order valence-electron chi connectivity index (χ1n) is 8.12. The normalized spacial score (nSPS) is 15.3. The number of esters is 1. The lowest BCUT2D eigenvalue weighted by atomic mass is 10.1. The Morgan fingerprint density at radius 1 is 1.39 bits per heavy atom. The number of halogens is 3. The number of hydrogen-bond acceptors (Lipinski definition) is 7. The van der Waals surface area contributed by atoms with Crippen LogP contribution in [-0.2, 0) is 25.3 Å². The summed E-state index contributed by atoms with van der Waals surface area (Å²) >= 11 is 0. The number of nitrogens with zero attached hydrogens (tertiary/aromatic N) is 2. The number of nitro benzene ring substituents is 1. The Morgan fingerprint density at radius 2 is 2.07 bits per heavy atom. The van der Waals surface area contributed by atoms with Gasteiger partial charge in [0.05, 0.1) is 10.5 Å². The van der Waals surface area contributed by atoms with Crippen LogP contribution in [0.15, 0.2) is 18.2 Å². The molecular formula is C16H16F3N3O6. The van der Waals surface area contributed by atoms with Gasteiger partial charge >= 0.3 is 12.1 Å². The van der Waals surface area contributed by atoms with E-state index in [9.17, 15) is 37.7 Å². The number of imide groups is 1. The van der Waals surface area contributed by atoms with Crippen molar-refractivity contribution in [1.29, 1.82) is 0 Å². The van der Waals surface area contributed by atoms with Gasteiger partial charge in [-0.2, -0.15) is 13.2 Å². The number of carbonyl (C=O) groups excluding carboxylic acids is 3. The Balaban J connectivity index is 2.02. The Kier molecular flexibility index (Phi) is 6.21. The SMILES string of the molecule is C[C@@H](Nc1ccc(C(F)(F)F)cc1[N+](=O)[O-])C(=O)OCC(=O)N1CCCC1=O. The van der Waals surface area contributed by atoms with E-state index in [2.05, 4.69) is 5.32 Å². The second-order valence-electron chi connectivity index (χ2n) is 6.00. The molecular weight excluding hydrogens is 387 g/mol. The van der Waals surface area contributed by atoms with E-state index in [1.807, 2.05) is 0 Å². The van der Waals surface area contributed by atoms with Crippen molar-refractivity contribution in [3.8, 4) is 0 Å². The van der Waals surface area contributed by atoms with E-state index >= 15 is 0 Å². The molecule has 12 heteroatoms. The summed E-state index contributed by atoms with van der Waals surface area (Å²) in [4.78, 5) is 46.2. The maximum atomic E-state index is 12.7. The second-order valence-corrected chi connectivity index (χ2v) is 6.00. The van der Waals surface area contributed by atoms with Gasteiger partial charge in [0.25, 0.3) is 11.6 Å². The van der Waals surface area contributed by atoms with Crippen molar-refractivity contribution in [1.82, 2.24) is 4.90 Å². The van der Waals surface area contributed by atoms with Crippen LogP contribution in [0.25, 0.3) is 0 Å². The molecule has 2 rings (SSSR count). The first-order valence-corrected chi connectivity index (χ1v) is 8.12. The van der Waals surface area contributed by atoms with Gasteiger partial charge in [0, 0.05) is 19.0 Å². The molecule has 1 atom stereocenters. The van der Waals surface area contributed by atoms with Crippen LogP contribution in [-0.4, -0.2) is 46.8 Å². The summed E-state index contributed by atoms with van der Waals surface area (Å²) in [6.07, 6.45) is -4.01. The van der Waals surface area contributed by atoms with Gasteiger partial charge in [0.2, 0.25) is 5.91 Å². The molecule has 1 aliphatic heterocycles. The average Bonchev–Trinajstić information content (AvgIpc) is 3.04. The van der Waals surface area contributed by atoms with Gasteiger partial charge < -0.3 is 10.1 Å². The number of benzene rings is 1. The van der Waals surface area contributed by atoms with Gasteiger partial charge in [-0.15, -0.1) is 0 Å². The van der Waals surface area contributed by atoms with Crippen LogP contribution in [0.5, 0.6) is 0 Å². The molecule has 1 heterocycles. The third-order valence-corrected chi connectivity index (χ3v) is 3.96. The fourth-order valence-corrected chi connectivity index (χ4v) is 2.52. The van der Waals surface area contributed by atoms with Gasteiger partial charge in [-0.1, -0.05) is 0 Å². The molecule has 0 unspecified atom stereocenters. The first-order chi connectivity index (χ1) is 13.0. The number of alkyl halides is 3. The summed E-state index contributed by atoms with van der Waals surface area (Å²) in [6, 6.07) is 0.620. The maximum absolute atomic E-state index is 12.7. The topological polar surface area (TPSA) is 119 Å². The molecule has 2 amide bonds. The van der Waals surface area contributed by atoms with Crippen LogP contribution in [0.3, 0.4) is 0 Å². The smallest absolute Gasteiger partial charge is 0.416 e. The summed E-state index contributed by atoms with van der Waals surface area (Å²) in [5.74, 6) is -2.02. The van der Waals surface area contributed by atoms with Crippen LogP contribution in [0.1, 0.15) is 25.3 Å². The van der Waals surface area contributed by atoms with Crippen molar-refractivity contribution in [2.75, 3.05) is 18.5 Å². The fraction of sp³-hybridized carbons (Fsp3) is 0.438. The highest BCUT2D eigenvalue weighted by Gasteiger charge is 2.33. The molecule has 0 spiro atoms. The van der Waals surface area contributed by atoms with Gasteiger partial charge in [-0.05, 0) is 25.5 Å². The summed E-state index contributed by atoms with van der Waals surface area (Å²) in [5, 5.41) is 13.4. The minimum atomic E-state index is -4.76.